The van der Waals surface area contributed by atoms with E-state index < -0.39 is 4.92 Å². The van der Waals surface area contributed by atoms with Gasteiger partial charge in [0.05, 0.1) is 15.3 Å². The van der Waals surface area contributed by atoms with Crippen LogP contribution in [0.5, 0.6) is 0 Å². The fraction of sp³-hybridized carbons (Fsp3) is 0. The molecule has 3 aromatic rings. The van der Waals surface area contributed by atoms with Gasteiger partial charge in [0.1, 0.15) is 16.4 Å². The molecule has 3 rings (SSSR count). The van der Waals surface area contributed by atoms with Crippen LogP contribution in [0.25, 0.3) is 10.9 Å². The number of hydrogen-bond donors (Lipinski definition) is 0. The molecule has 0 fully saturated rings. The fourth-order valence-corrected chi connectivity index (χ4v) is 3.24. The molecule has 0 N–H and O–H groups in total. The van der Waals surface area contributed by atoms with Crippen LogP contribution in [0.1, 0.15) is 0 Å². The van der Waals surface area contributed by atoms with E-state index in [9.17, 15) is 10.1 Å². The number of nitro groups is 1. The van der Waals surface area contributed by atoms with E-state index in [0.29, 0.717) is 9.92 Å². The van der Waals surface area contributed by atoms with Crippen molar-refractivity contribution >= 4 is 40.0 Å². The first-order valence-corrected chi connectivity index (χ1v) is 7.17. The van der Waals surface area contributed by atoms with E-state index in [1.807, 2.05) is 24.3 Å². The summed E-state index contributed by atoms with van der Waals surface area (Å²) in [4.78, 5) is 19.5. The van der Waals surface area contributed by atoms with Crippen molar-refractivity contribution < 1.29 is 4.92 Å². The topological polar surface area (TPSA) is 68.9 Å². The Hall–Kier alpha value is -2.18. The van der Waals surface area contributed by atoms with E-state index in [1.54, 1.807) is 12.1 Å². The smallest absolute Gasteiger partial charge is 0.258 e. The quantitative estimate of drug-likeness (QED) is 0.408. The largest absolute Gasteiger partial charge is 0.301 e. The minimum absolute atomic E-state index is 0.105. The molecule has 7 heteroatoms. The number of fused-ring (bicyclic) bond motifs is 1. The summed E-state index contributed by atoms with van der Waals surface area (Å²) in [6, 6.07) is 12.4. The molecule has 2 aromatic carbocycles. The molecule has 1 heterocycles. The minimum Gasteiger partial charge on any atom is -0.258 e. The molecule has 21 heavy (non-hydrogen) atoms. The molecule has 0 aliphatic rings. The zero-order valence-corrected chi connectivity index (χ0v) is 12.1. The SMILES string of the molecule is O=[N+]([O-])c1c(Cl)cccc1Sc1ncnc2ccccc12. The molecule has 0 radical (unpaired) electrons. The molecule has 0 saturated heterocycles. The summed E-state index contributed by atoms with van der Waals surface area (Å²) >= 11 is 7.13. The molecule has 0 unspecified atom stereocenters. The van der Waals surface area contributed by atoms with E-state index in [1.165, 1.54) is 24.2 Å². The Morgan fingerprint density at radius 1 is 1.10 bits per heavy atom. The van der Waals surface area contributed by atoms with Gasteiger partial charge in [-0.1, -0.05) is 47.6 Å². The lowest BCUT2D eigenvalue weighted by Gasteiger charge is -2.06. The van der Waals surface area contributed by atoms with Gasteiger partial charge in [0, 0.05) is 5.39 Å². The monoisotopic (exact) mass is 317 g/mol. The number of benzene rings is 2. The first-order chi connectivity index (χ1) is 10.2. The van der Waals surface area contributed by atoms with Gasteiger partial charge in [-0.25, -0.2) is 9.97 Å². The fourth-order valence-electron chi connectivity index (χ4n) is 1.92. The van der Waals surface area contributed by atoms with Crippen LogP contribution >= 0.6 is 23.4 Å². The molecule has 0 atom stereocenters. The molecule has 0 bridgehead atoms. The van der Waals surface area contributed by atoms with Crippen LogP contribution in [0, 0.1) is 10.1 Å². The summed E-state index contributed by atoms with van der Waals surface area (Å²) in [7, 11) is 0. The normalized spacial score (nSPS) is 10.7. The maximum Gasteiger partial charge on any atom is 0.301 e. The zero-order chi connectivity index (χ0) is 14.8. The Bertz CT molecular complexity index is 836. The third-order valence-electron chi connectivity index (χ3n) is 2.85. The summed E-state index contributed by atoms with van der Waals surface area (Å²) in [6.45, 7) is 0. The van der Waals surface area contributed by atoms with Crippen molar-refractivity contribution in [3.63, 3.8) is 0 Å². The van der Waals surface area contributed by atoms with E-state index in [0.717, 1.165) is 10.9 Å². The van der Waals surface area contributed by atoms with Gasteiger partial charge in [0.25, 0.3) is 0 Å². The Balaban J connectivity index is 2.12. The molecule has 0 spiro atoms. The second kappa shape index (κ2) is 5.67. The second-order valence-corrected chi connectivity index (χ2v) is 5.58. The number of nitrogens with zero attached hydrogens (tertiary/aromatic N) is 3. The third kappa shape index (κ3) is 2.68. The highest BCUT2D eigenvalue weighted by molar-refractivity contribution is 7.99. The Labute approximate surface area is 129 Å². The molecule has 5 nitrogen and oxygen atoms in total. The van der Waals surface area contributed by atoms with Crippen LogP contribution in [0.4, 0.5) is 5.69 Å². The van der Waals surface area contributed by atoms with Gasteiger partial charge in [-0.15, -0.1) is 0 Å². The lowest BCUT2D eigenvalue weighted by Crippen LogP contribution is -1.93. The van der Waals surface area contributed by atoms with E-state index in [-0.39, 0.29) is 10.7 Å². The summed E-state index contributed by atoms with van der Waals surface area (Å²) in [6.07, 6.45) is 1.45. The van der Waals surface area contributed by atoms with Gasteiger partial charge in [-0.3, -0.25) is 10.1 Å². The Morgan fingerprint density at radius 2 is 1.90 bits per heavy atom. The number of hydrogen-bond acceptors (Lipinski definition) is 5. The highest BCUT2D eigenvalue weighted by atomic mass is 35.5. The van der Waals surface area contributed by atoms with Crippen molar-refractivity contribution in [1.29, 1.82) is 0 Å². The van der Waals surface area contributed by atoms with Crippen molar-refractivity contribution in [3.05, 3.63) is 63.9 Å². The van der Waals surface area contributed by atoms with Gasteiger partial charge in [-0.05, 0) is 18.2 Å². The number of nitro benzene ring substituents is 1. The lowest BCUT2D eigenvalue weighted by atomic mass is 10.2. The summed E-state index contributed by atoms with van der Waals surface area (Å²) in [5.74, 6) is 0. The molecule has 104 valence electrons. The highest BCUT2D eigenvalue weighted by Gasteiger charge is 2.20. The maximum absolute atomic E-state index is 11.2. The Morgan fingerprint density at radius 3 is 2.71 bits per heavy atom. The molecule has 1 aromatic heterocycles. The number of rotatable bonds is 3. The van der Waals surface area contributed by atoms with E-state index >= 15 is 0 Å². The average Bonchev–Trinajstić information content (AvgIpc) is 2.47. The predicted octanol–water partition coefficient (Wildman–Crippen LogP) is 4.34. The van der Waals surface area contributed by atoms with Gasteiger partial charge >= 0.3 is 5.69 Å². The van der Waals surface area contributed by atoms with Crippen molar-refractivity contribution in [1.82, 2.24) is 9.97 Å². The van der Waals surface area contributed by atoms with Crippen LogP contribution in [-0.2, 0) is 0 Å². The first-order valence-electron chi connectivity index (χ1n) is 5.97. The summed E-state index contributed by atoms with van der Waals surface area (Å²) < 4.78 is 0. The van der Waals surface area contributed by atoms with Crippen molar-refractivity contribution in [2.45, 2.75) is 9.92 Å². The maximum atomic E-state index is 11.2. The molecule has 0 aliphatic heterocycles. The van der Waals surface area contributed by atoms with Crippen LogP contribution in [-0.4, -0.2) is 14.9 Å². The van der Waals surface area contributed by atoms with Gasteiger partial charge in [0.15, 0.2) is 0 Å². The summed E-state index contributed by atoms with van der Waals surface area (Å²) in [5, 5.41) is 12.8. The standard InChI is InChI=1S/C14H8ClN3O2S/c15-10-5-3-7-12(13(10)18(19)20)21-14-9-4-1-2-6-11(9)16-8-17-14/h1-8H. The number of aromatic nitrogens is 2. The minimum atomic E-state index is -0.478. The molecule has 0 aliphatic carbocycles. The van der Waals surface area contributed by atoms with Crippen LogP contribution in [0.15, 0.2) is 58.7 Å². The summed E-state index contributed by atoms with van der Waals surface area (Å²) in [5.41, 5.74) is 0.687. The van der Waals surface area contributed by atoms with Crippen LogP contribution in [0.3, 0.4) is 0 Å². The molecule has 0 saturated carbocycles. The van der Waals surface area contributed by atoms with Crippen LogP contribution in [0.2, 0.25) is 5.02 Å². The van der Waals surface area contributed by atoms with Crippen molar-refractivity contribution in [2.24, 2.45) is 0 Å². The molecule has 0 amide bonds. The van der Waals surface area contributed by atoms with Gasteiger partial charge < -0.3 is 0 Å². The average molecular weight is 318 g/mol. The first kappa shape index (κ1) is 13.8. The highest BCUT2D eigenvalue weighted by Crippen LogP contribution is 2.39. The number of para-hydroxylation sites is 2. The number of halogens is 1. The molecular weight excluding hydrogens is 310 g/mol. The van der Waals surface area contributed by atoms with Crippen molar-refractivity contribution in [3.8, 4) is 0 Å². The predicted molar refractivity (Wildman–Crippen MR) is 81.8 cm³/mol. The van der Waals surface area contributed by atoms with E-state index in [4.69, 9.17) is 11.6 Å². The lowest BCUT2D eigenvalue weighted by molar-refractivity contribution is -0.387. The van der Waals surface area contributed by atoms with Gasteiger partial charge in [0.2, 0.25) is 0 Å². The Kier molecular flexibility index (Phi) is 3.72. The van der Waals surface area contributed by atoms with Crippen molar-refractivity contribution in [2.75, 3.05) is 0 Å². The zero-order valence-electron chi connectivity index (χ0n) is 10.6. The van der Waals surface area contributed by atoms with Gasteiger partial charge in [-0.2, -0.15) is 0 Å². The third-order valence-corrected chi connectivity index (χ3v) is 4.22. The molecular formula is C14H8ClN3O2S. The van der Waals surface area contributed by atoms with Crippen LogP contribution < -0.4 is 0 Å². The second-order valence-electron chi connectivity index (χ2n) is 4.14. The van der Waals surface area contributed by atoms with E-state index in [2.05, 4.69) is 9.97 Å².